The zero-order chi connectivity index (χ0) is 22.6. The summed E-state index contributed by atoms with van der Waals surface area (Å²) in [5.41, 5.74) is 2.11. The number of amides is 1. The highest BCUT2D eigenvalue weighted by Gasteiger charge is 2.32. The molecule has 1 heterocycles. The molecule has 8 nitrogen and oxygen atoms in total. The summed E-state index contributed by atoms with van der Waals surface area (Å²) in [5.74, 6) is -0.247. The highest BCUT2D eigenvalue weighted by molar-refractivity contribution is 7.89. The van der Waals surface area contributed by atoms with Crippen LogP contribution in [0.3, 0.4) is 0 Å². The molecule has 9 heteroatoms. The van der Waals surface area contributed by atoms with Crippen molar-refractivity contribution in [3.8, 4) is 0 Å². The van der Waals surface area contributed by atoms with Crippen molar-refractivity contribution in [3.05, 3.63) is 69.8 Å². The van der Waals surface area contributed by atoms with Gasteiger partial charge in [-0.3, -0.25) is 14.9 Å². The van der Waals surface area contributed by atoms with Gasteiger partial charge in [-0.05, 0) is 43.0 Å². The van der Waals surface area contributed by atoms with E-state index in [1.54, 1.807) is 4.90 Å². The minimum Gasteiger partial charge on any atom is -0.334 e. The molecule has 1 amide bonds. The van der Waals surface area contributed by atoms with Crippen LogP contribution in [0, 0.1) is 10.1 Å². The molecule has 1 aliphatic rings. The summed E-state index contributed by atoms with van der Waals surface area (Å²) in [6.07, 6.45) is 2.11. The van der Waals surface area contributed by atoms with Crippen LogP contribution in [0.1, 0.15) is 43.9 Å². The first-order chi connectivity index (χ1) is 14.8. The molecule has 1 aliphatic heterocycles. The average Bonchev–Trinajstić information content (AvgIpc) is 2.76. The second kappa shape index (κ2) is 9.57. The van der Waals surface area contributed by atoms with Crippen LogP contribution in [-0.4, -0.2) is 48.1 Å². The van der Waals surface area contributed by atoms with Crippen LogP contribution in [0.5, 0.6) is 0 Å². The minimum atomic E-state index is -3.96. The maximum Gasteiger partial charge on any atom is 0.269 e. The Labute approximate surface area is 182 Å². The summed E-state index contributed by atoms with van der Waals surface area (Å²) in [5, 5.41) is 10.9. The molecule has 0 fully saturated rings. The van der Waals surface area contributed by atoms with E-state index in [0.29, 0.717) is 13.0 Å². The SMILES string of the molecule is CCCCN(CC(=O)N1CCc2ccccc2C1C)S(=O)(=O)c1ccc([N+](=O)[O-])cc1. The second-order valence-corrected chi connectivity index (χ2v) is 9.59. The number of nitro groups is 1. The van der Waals surface area contributed by atoms with Crippen molar-refractivity contribution in [1.82, 2.24) is 9.21 Å². The number of benzene rings is 2. The number of nitro benzene ring substituents is 1. The fourth-order valence-corrected chi connectivity index (χ4v) is 5.29. The van der Waals surface area contributed by atoms with Gasteiger partial charge in [0.15, 0.2) is 0 Å². The van der Waals surface area contributed by atoms with E-state index >= 15 is 0 Å². The molecule has 31 heavy (non-hydrogen) atoms. The molecular formula is C22H27N3O5S. The number of rotatable bonds is 8. The molecule has 1 unspecified atom stereocenters. The predicted molar refractivity (Wildman–Crippen MR) is 117 cm³/mol. The Balaban J connectivity index is 1.82. The van der Waals surface area contributed by atoms with Gasteiger partial charge >= 0.3 is 0 Å². The zero-order valence-electron chi connectivity index (χ0n) is 17.7. The average molecular weight is 446 g/mol. The quantitative estimate of drug-likeness (QED) is 0.457. The van der Waals surface area contributed by atoms with Crippen molar-refractivity contribution in [1.29, 1.82) is 0 Å². The van der Waals surface area contributed by atoms with Gasteiger partial charge in [0, 0.05) is 25.2 Å². The summed E-state index contributed by atoms with van der Waals surface area (Å²) in [4.78, 5) is 25.1. The van der Waals surface area contributed by atoms with E-state index in [9.17, 15) is 23.3 Å². The second-order valence-electron chi connectivity index (χ2n) is 7.66. The van der Waals surface area contributed by atoms with Crippen LogP contribution < -0.4 is 0 Å². The van der Waals surface area contributed by atoms with E-state index in [4.69, 9.17) is 0 Å². The van der Waals surface area contributed by atoms with Crippen molar-refractivity contribution in [2.45, 2.75) is 44.0 Å². The highest BCUT2D eigenvalue weighted by Crippen LogP contribution is 2.29. The fourth-order valence-electron chi connectivity index (χ4n) is 3.86. The Hall–Kier alpha value is -2.78. The number of hydrogen-bond acceptors (Lipinski definition) is 5. The number of non-ortho nitro benzene ring substituents is 1. The summed E-state index contributed by atoms with van der Waals surface area (Å²) >= 11 is 0. The van der Waals surface area contributed by atoms with E-state index in [-0.39, 0.29) is 35.6 Å². The van der Waals surface area contributed by atoms with E-state index in [1.165, 1.54) is 22.0 Å². The van der Waals surface area contributed by atoms with Gasteiger partial charge in [-0.1, -0.05) is 37.6 Å². The summed E-state index contributed by atoms with van der Waals surface area (Å²) < 4.78 is 27.6. The van der Waals surface area contributed by atoms with Crippen LogP contribution in [0.25, 0.3) is 0 Å². The van der Waals surface area contributed by atoms with Gasteiger partial charge in [-0.25, -0.2) is 8.42 Å². The number of fused-ring (bicyclic) bond motifs is 1. The van der Waals surface area contributed by atoms with Crippen LogP contribution in [-0.2, 0) is 21.2 Å². The first kappa shape index (κ1) is 22.9. The molecule has 3 rings (SSSR count). The lowest BCUT2D eigenvalue weighted by Crippen LogP contribution is -2.46. The van der Waals surface area contributed by atoms with E-state index in [1.807, 2.05) is 32.0 Å². The van der Waals surface area contributed by atoms with Gasteiger partial charge in [0.1, 0.15) is 0 Å². The molecule has 0 saturated carbocycles. The lowest BCUT2D eigenvalue weighted by atomic mass is 9.93. The topological polar surface area (TPSA) is 101 Å². The van der Waals surface area contributed by atoms with Gasteiger partial charge in [0.25, 0.3) is 5.69 Å². The van der Waals surface area contributed by atoms with Crippen LogP contribution in [0.15, 0.2) is 53.4 Å². The predicted octanol–water partition coefficient (Wildman–Crippen LogP) is 3.53. The summed E-state index contributed by atoms with van der Waals surface area (Å²) in [7, 11) is -3.96. The summed E-state index contributed by atoms with van der Waals surface area (Å²) in [6.45, 7) is 4.39. The maximum atomic E-state index is 13.2. The molecule has 0 bridgehead atoms. The van der Waals surface area contributed by atoms with Crippen molar-refractivity contribution in [2.24, 2.45) is 0 Å². The fraction of sp³-hybridized carbons (Fsp3) is 0.409. The van der Waals surface area contributed by atoms with Gasteiger partial charge in [-0.15, -0.1) is 0 Å². The van der Waals surface area contributed by atoms with Crippen molar-refractivity contribution in [3.63, 3.8) is 0 Å². The third kappa shape index (κ3) is 4.94. The monoisotopic (exact) mass is 445 g/mol. The molecule has 0 N–H and O–H groups in total. The van der Waals surface area contributed by atoms with Crippen molar-refractivity contribution >= 4 is 21.6 Å². The number of sulfonamides is 1. The van der Waals surface area contributed by atoms with E-state index < -0.39 is 14.9 Å². The Kier molecular flexibility index (Phi) is 7.07. The number of carbonyl (C=O) groups excluding carboxylic acids is 1. The first-order valence-corrected chi connectivity index (χ1v) is 11.8. The lowest BCUT2D eigenvalue weighted by Gasteiger charge is -2.36. The molecule has 0 saturated heterocycles. The van der Waals surface area contributed by atoms with Crippen molar-refractivity contribution in [2.75, 3.05) is 19.6 Å². The third-order valence-corrected chi connectivity index (χ3v) is 7.53. The molecule has 2 aromatic rings. The van der Waals surface area contributed by atoms with Gasteiger partial charge in [-0.2, -0.15) is 4.31 Å². The van der Waals surface area contributed by atoms with Gasteiger partial charge in [0.05, 0.1) is 22.4 Å². The molecule has 0 spiro atoms. The largest absolute Gasteiger partial charge is 0.334 e. The number of nitrogens with zero attached hydrogens (tertiary/aromatic N) is 3. The van der Waals surface area contributed by atoms with Crippen LogP contribution in [0.2, 0.25) is 0 Å². The standard InChI is InChI=1S/C22H27N3O5S/c1-3-4-14-23(31(29,30)20-11-9-19(10-12-20)25(27)28)16-22(26)24-15-13-18-7-5-6-8-21(18)17(24)2/h5-12,17H,3-4,13-16H2,1-2H3. The lowest BCUT2D eigenvalue weighted by molar-refractivity contribution is -0.384. The molecule has 166 valence electrons. The Morgan fingerprint density at radius 2 is 1.87 bits per heavy atom. The Bertz CT molecular complexity index is 1050. The third-order valence-electron chi connectivity index (χ3n) is 5.67. The molecule has 0 aromatic heterocycles. The number of hydrogen-bond donors (Lipinski definition) is 0. The molecule has 0 radical (unpaired) electrons. The van der Waals surface area contributed by atoms with Crippen LogP contribution >= 0.6 is 0 Å². The van der Waals surface area contributed by atoms with E-state index in [0.717, 1.165) is 30.5 Å². The minimum absolute atomic E-state index is 0.0564. The van der Waals surface area contributed by atoms with Crippen molar-refractivity contribution < 1.29 is 18.1 Å². The highest BCUT2D eigenvalue weighted by atomic mass is 32.2. The number of unbranched alkanes of at least 4 members (excludes halogenated alkanes) is 1. The van der Waals surface area contributed by atoms with E-state index in [2.05, 4.69) is 6.07 Å². The summed E-state index contributed by atoms with van der Waals surface area (Å²) in [6, 6.07) is 12.6. The van der Waals surface area contributed by atoms with Gasteiger partial charge in [0.2, 0.25) is 15.9 Å². The molecule has 1 atom stereocenters. The molecule has 0 aliphatic carbocycles. The molecular weight excluding hydrogens is 418 g/mol. The smallest absolute Gasteiger partial charge is 0.269 e. The number of carbonyl (C=O) groups is 1. The Morgan fingerprint density at radius 3 is 2.52 bits per heavy atom. The van der Waals surface area contributed by atoms with Crippen LogP contribution in [0.4, 0.5) is 5.69 Å². The first-order valence-electron chi connectivity index (χ1n) is 10.4. The van der Waals surface area contributed by atoms with Gasteiger partial charge < -0.3 is 4.90 Å². The normalized spacial score (nSPS) is 16.2. The Morgan fingerprint density at radius 1 is 1.19 bits per heavy atom. The molecule has 2 aromatic carbocycles. The maximum absolute atomic E-state index is 13.2. The zero-order valence-corrected chi connectivity index (χ0v) is 18.5.